The summed E-state index contributed by atoms with van der Waals surface area (Å²) in [5, 5.41) is 5.61. The average Bonchev–Trinajstić information content (AvgIpc) is 2.70. The molecule has 18 heavy (non-hydrogen) atoms. The standard InChI is InChI=1S/C12H9Br4NS/c1-6(11-4-8(14)5-18-11)17-12-9(15)2-7(13)3-10(12)16/h2-6,17H,1H3. The molecule has 0 bridgehead atoms. The van der Waals surface area contributed by atoms with Crippen LogP contribution in [0.5, 0.6) is 0 Å². The highest BCUT2D eigenvalue weighted by molar-refractivity contribution is 9.11. The van der Waals surface area contributed by atoms with Crippen molar-refractivity contribution in [3.8, 4) is 0 Å². The maximum atomic E-state index is 3.58. The SMILES string of the molecule is CC(Nc1c(Br)cc(Br)cc1Br)c1cc(Br)cs1. The van der Waals surface area contributed by atoms with Crippen molar-refractivity contribution in [2.24, 2.45) is 0 Å². The van der Waals surface area contributed by atoms with Gasteiger partial charge < -0.3 is 5.32 Å². The Labute approximate surface area is 144 Å². The molecule has 1 atom stereocenters. The number of hydrogen-bond acceptors (Lipinski definition) is 2. The number of thiophene rings is 1. The van der Waals surface area contributed by atoms with Crippen LogP contribution >= 0.6 is 75.1 Å². The summed E-state index contributed by atoms with van der Waals surface area (Å²) in [4.78, 5) is 1.29. The van der Waals surface area contributed by atoms with E-state index in [0.29, 0.717) is 0 Å². The summed E-state index contributed by atoms with van der Waals surface area (Å²) in [7, 11) is 0. The molecule has 1 heterocycles. The summed E-state index contributed by atoms with van der Waals surface area (Å²) in [6, 6.07) is 6.46. The van der Waals surface area contributed by atoms with E-state index in [4.69, 9.17) is 0 Å². The molecule has 1 nitrogen and oxygen atoms in total. The van der Waals surface area contributed by atoms with Crippen LogP contribution in [0.2, 0.25) is 0 Å². The molecule has 0 aliphatic heterocycles. The van der Waals surface area contributed by atoms with E-state index in [2.05, 4.69) is 87.4 Å². The second kappa shape index (κ2) is 6.39. The topological polar surface area (TPSA) is 12.0 Å². The highest BCUT2D eigenvalue weighted by Crippen LogP contribution is 2.37. The molecular formula is C12H9Br4NS. The maximum Gasteiger partial charge on any atom is 0.0634 e. The van der Waals surface area contributed by atoms with Crippen LogP contribution < -0.4 is 5.32 Å². The Hall–Kier alpha value is 0.640. The molecule has 0 saturated carbocycles. The van der Waals surface area contributed by atoms with Gasteiger partial charge >= 0.3 is 0 Å². The molecule has 0 fully saturated rings. The van der Waals surface area contributed by atoms with Gasteiger partial charge in [-0.25, -0.2) is 0 Å². The number of halogens is 4. The zero-order valence-corrected chi connectivity index (χ0v) is 16.5. The lowest BCUT2D eigenvalue weighted by Crippen LogP contribution is -2.06. The predicted octanol–water partition coefficient (Wildman–Crippen LogP) is 6.97. The smallest absolute Gasteiger partial charge is 0.0634 e. The van der Waals surface area contributed by atoms with Gasteiger partial charge in [0.05, 0.1) is 11.7 Å². The van der Waals surface area contributed by atoms with Crippen molar-refractivity contribution >= 4 is 80.7 Å². The molecule has 0 aliphatic carbocycles. The highest BCUT2D eigenvalue weighted by Gasteiger charge is 2.12. The third kappa shape index (κ3) is 3.60. The fourth-order valence-corrected chi connectivity index (χ4v) is 5.46. The monoisotopic (exact) mass is 515 g/mol. The van der Waals surface area contributed by atoms with E-state index < -0.39 is 0 Å². The van der Waals surface area contributed by atoms with Crippen LogP contribution in [0.4, 0.5) is 5.69 Å². The zero-order chi connectivity index (χ0) is 13.3. The lowest BCUT2D eigenvalue weighted by molar-refractivity contribution is 0.905. The average molecular weight is 519 g/mol. The van der Waals surface area contributed by atoms with Gasteiger partial charge in [0.1, 0.15) is 0 Å². The van der Waals surface area contributed by atoms with Crippen molar-refractivity contribution in [3.05, 3.63) is 46.3 Å². The summed E-state index contributed by atoms with van der Waals surface area (Å²) in [6.07, 6.45) is 0. The van der Waals surface area contributed by atoms with E-state index in [9.17, 15) is 0 Å². The first-order valence-corrected chi connectivity index (χ1v) is 9.17. The van der Waals surface area contributed by atoms with E-state index in [1.807, 2.05) is 12.1 Å². The van der Waals surface area contributed by atoms with Gasteiger partial charge in [-0.15, -0.1) is 11.3 Å². The van der Waals surface area contributed by atoms with Crippen LogP contribution in [0.15, 0.2) is 41.5 Å². The van der Waals surface area contributed by atoms with Crippen LogP contribution in [0.1, 0.15) is 17.8 Å². The van der Waals surface area contributed by atoms with Crippen LogP contribution in [-0.2, 0) is 0 Å². The van der Waals surface area contributed by atoms with E-state index >= 15 is 0 Å². The molecule has 0 spiro atoms. The number of nitrogens with one attached hydrogen (secondary N) is 1. The van der Waals surface area contributed by atoms with Crippen molar-refractivity contribution in [2.45, 2.75) is 13.0 Å². The first-order chi connectivity index (χ1) is 8.47. The molecule has 1 N–H and O–H groups in total. The lowest BCUT2D eigenvalue weighted by atomic mass is 10.2. The molecule has 1 unspecified atom stereocenters. The largest absolute Gasteiger partial charge is 0.376 e. The van der Waals surface area contributed by atoms with Crippen LogP contribution in [0.3, 0.4) is 0 Å². The molecule has 1 aromatic heterocycles. The summed E-state index contributed by atoms with van der Waals surface area (Å²) in [5.41, 5.74) is 1.07. The molecule has 1 aromatic carbocycles. The van der Waals surface area contributed by atoms with Crippen LogP contribution in [-0.4, -0.2) is 0 Å². The minimum atomic E-state index is 0.259. The number of benzene rings is 1. The van der Waals surface area contributed by atoms with Crippen molar-refractivity contribution in [3.63, 3.8) is 0 Å². The van der Waals surface area contributed by atoms with Gasteiger partial charge in [0.25, 0.3) is 0 Å². The van der Waals surface area contributed by atoms with Crippen molar-refractivity contribution in [1.82, 2.24) is 0 Å². The lowest BCUT2D eigenvalue weighted by Gasteiger charge is -2.17. The first kappa shape index (κ1) is 15.0. The predicted molar refractivity (Wildman–Crippen MR) is 93.6 cm³/mol. The minimum absolute atomic E-state index is 0.259. The van der Waals surface area contributed by atoms with Gasteiger partial charge in [-0.1, -0.05) is 15.9 Å². The second-order valence-corrected chi connectivity index (χ2v) is 8.26. The Morgan fingerprint density at radius 2 is 1.61 bits per heavy atom. The van der Waals surface area contributed by atoms with Crippen LogP contribution in [0.25, 0.3) is 0 Å². The molecule has 0 amide bonds. The number of hydrogen-bond donors (Lipinski definition) is 1. The third-order valence-electron chi connectivity index (χ3n) is 2.38. The summed E-state index contributed by atoms with van der Waals surface area (Å²) in [5.74, 6) is 0. The fraction of sp³-hybridized carbons (Fsp3) is 0.167. The van der Waals surface area contributed by atoms with Crippen LogP contribution in [0, 0.1) is 0 Å². The molecule has 0 aliphatic rings. The Morgan fingerprint density at radius 3 is 2.11 bits per heavy atom. The van der Waals surface area contributed by atoms with Crippen molar-refractivity contribution in [1.29, 1.82) is 0 Å². The van der Waals surface area contributed by atoms with E-state index in [1.165, 1.54) is 4.88 Å². The molecular weight excluding hydrogens is 510 g/mol. The maximum absolute atomic E-state index is 3.58. The zero-order valence-electron chi connectivity index (χ0n) is 9.31. The van der Waals surface area contributed by atoms with Gasteiger partial charge in [0.2, 0.25) is 0 Å². The Balaban J connectivity index is 2.24. The normalized spacial score (nSPS) is 12.5. The Bertz CT molecular complexity index is 544. The van der Waals surface area contributed by atoms with Gasteiger partial charge in [-0.3, -0.25) is 0 Å². The molecule has 0 radical (unpaired) electrons. The van der Waals surface area contributed by atoms with Gasteiger partial charge in [-0.05, 0) is 72.9 Å². The van der Waals surface area contributed by atoms with Gasteiger partial charge in [-0.2, -0.15) is 0 Å². The Kier molecular flexibility index (Phi) is 5.34. The summed E-state index contributed by atoms with van der Waals surface area (Å²) >= 11 is 15.8. The van der Waals surface area contributed by atoms with Gasteiger partial charge in [0.15, 0.2) is 0 Å². The number of anilines is 1. The molecule has 2 aromatic rings. The van der Waals surface area contributed by atoms with Gasteiger partial charge in [0, 0.05) is 28.1 Å². The van der Waals surface area contributed by atoms with E-state index in [-0.39, 0.29) is 6.04 Å². The minimum Gasteiger partial charge on any atom is -0.376 e. The van der Waals surface area contributed by atoms with Crippen molar-refractivity contribution in [2.75, 3.05) is 5.32 Å². The fourth-order valence-electron chi connectivity index (χ4n) is 1.52. The highest BCUT2D eigenvalue weighted by atomic mass is 79.9. The molecule has 6 heteroatoms. The third-order valence-corrected chi connectivity index (χ3v) is 5.97. The number of rotatable bonds is 3. The van der Waals surface area contributed by atoms with Crippen molar-refractivity contribution < 1.29 is 0 Å². The summed E-state index contributed by atoms with van der Waals surface area (Å²) in [6.45, 7) is 2.15. The molecule has 0 saturated heterocycles. The van der Waals surface area contributed by atoms with E-state index in [1.54, 1.807) is 11.3 Å². The molecule has 96 valence electrons. The quantitative estimate of drug-likeness (QED) is 0.463. The van der Waals surface area contributed by atoms with E-state index in [0.717, 1.165) is 23.6 Å². The first-order valence-electron chi connectivity index (χ1n) is 5.12. The second-order valence-electron chi connectivity index (χ2n) is 3.78. The molecule has 2 rings (SSSR count). The summed E-state index contributed by atoms with van der Waals surface area (Å²) < 4.78 is 4.24. The Morgan fingerprint density at radius 1 is 1.00 bits per heavy atom.